The Morgan fingerprint density at radius 1 is 1.19 bits per heavy atom. The molecule has 0 spiro atoms. The Morgan fingerprint density at radius 2 is 1.76 bits per heavy atom. The van der Waals surface area contributed by atoms with Crippen molar-refractivity contribution in [1.82, 2.24) is 9.78 Å². The lowest BCUT2D eigenvalue weighted by molar-refractivity contribution is -0.138. The molecule has 0 fully saturated rings. The molecule has 0 amide bonds. The van der Waals surface area contributed by atoms with Gasteiger partial charge in [-0.25, -0.2) is 0 Å². The Morgan fingerprint density at radius 3 is 2.29 bits per heavy atom. The first kappa shape index (κ1) is 15.6. The summed E-state index contributed by atoms with van der Waals surface area (Å²) in [6, 6.07) is 6.98. The molecule has 0 N–H and O–H groups in total. The van der Waals surface area contributed by atoms with Gasteiger partial charge in [0.25, 0.3) is 0 Å². The molecule has 112 valence electrons. The van der Waals surface area contributed by atoms with Crippen LogP contribution in [0.1, 0.15) is 27.3 Å². The van der Waals surface area contributed by atoms with Crippen LogP contribution in [-0.4, -0.2) is 14.9 Å². The molecule has 1 heterocycles. The first-order valence-electron chi connectivity index (χ1n) is 6.10. The standard InChI is InChI=1S/C14H13F3N2OS/c1-8-4-6-10(7-5-8)21-13(20)12-11(14(15,16)17)9(2)19(3)18-12/h4-7H,1-3H3. The van der Waals surface area contributed by atoms with Crippen molar-refractivity contribution in [2.24, 2.45) is 7.05 Å². The molecule has 1 aromatic heterocycles. The average Bonchev–Trinajstić information content (AvgIpc) is 2.68. The number of alkyl halides is 3. The fraction of sp³-hybridized carbons (Fsp3) is 0.286. The number of aryl methyl sites for hydroxylation is 2. The van der Waals surface area contributed by atoms with Gasteiger partial charge in [-0.15, -0.1) is 0 Å². The van der Waals surface area contributed by atoms with Crippen LogP contribution in [0.5, 0.6) is 0 Å². The van der Waals surface area contributed by atoms with Crippen molar-refractivity contribution in [3.8, 4) is 0 Å². The van der Waals surface area contributed by atoms with E-state index in [2.05, 4.69) is 5.10 Å². The number of carbonyl (C=O) groups excluding carboxylic acids is 1. The lowest BCUT2D eigenvalue weighted by atomic mass is 10.2. The molecule has 21 heavy (non-hydrogen) atoms. The van der Waals surface area contributed by atoms with Crippen molar-refractivity contribution in [3.63, 3.8) is 0 Å². The Labute approximate surface area is 124 Å². The summed E-state index contributed by atoms with van der Waals surface area (Å²) in [5.74, 6) is 0. The Balaban J connectivity index is 2.36. The lowest BCUT2D eigenvalue weighted by Crippen LogP contribution is -2.11. The van der Waals surface area contributed by atoms with Crippen LogP contribution in [0, 0.1) is 13.8 Å². The third-order valence-corrected chi connectivity index (χ3v) is 3.93. The van der Waals surface area contributed by atoms with E-state index in [1.807, 2.05) is 6.92 Å². The minimum atomic E-state index is -4.60. The summed E-state index contributed by atoms with van der Waals surface area (Å²) in [6.07, 6.45) is -4.60. The first-order chi connectivity index (χ1) is 9.70. The molecule has 0 unspecified atom stereocenters. The second-order valence-electron chi connectivity index (χ2n) is 4.63. The normalized spacial score (nSPS) is 11.7. The van der Waals surface area contributed by atoms with Crippen LogP contribution < -0.4 is 0 Å². The molecule has 0 bridgehead atoms. The smallest absolute Gasteiger partial charge is 0.279 e. The second kappa shape index (κ2) is 5.55. The van der Waals surface area contributed by atoms with Gasteiger partial charge in [0.2, 0.25) is 5.12 Å². The van der Waals surface area contributed by atoms with E-state index in [-0.39, 0.29) is 5.69 Å². The van der Waals surface area contributed by atoms with E-state index in [4.69, 9.17) is 0 Å². The lowest BCUT2D eigenvalue weighted by Gasteiger charge is -2.07. The number of hydrogen-bond donors (Lipinski definition) is 0. The molecular weight excluding hydrogens is 301 g/mol. The van der Waals surface area contributed by atoms with Gasteiger partial charge in [0.1, 0.15) is 5.56 Å². The molecule has 3 nitrogen and oxygen atoms in total. The number of halogens is 3. The van der Waals surface area contributed by atoms with E-state index in [1.165, 1.54) is 14.0 Å². The predicted molar refractivity (Wildman–Crippen MR) is 74.3 cm³/mol. The summed E-state index contributed by atoms with van der Waals surface area (Å²) in [6.45, 7) is 3.18. The number of nitrogens with zero attached hydrogens (tertiary/aromatic N) is 2. The van der Waals surface area contributed by atoms with Crippen molar-refractivity contribution < 1.29 is 18.0 Å². The van der Waals surface area contributed by atoms with Gasteiger partial charge in [0, 0.05) is 17.6 Å². The van der Waals surface area contributed by atoms with E-state index < -0.39 is 22.5 Å². The molecule has 0 aliphatic rings. The Bertz CT molecular complexity index is 675. The maximum atomic E-state index is 13.1. The highest BCUT2D eigenvalue weighted by Crippen LogP contribution is 2.36. The zero-order valence-electron chi connectivity index (χ0n) is 11.7. The van der Waals surface area contributed by atoms with Crippen molar-refractivity contribution in [2.75, 3.05) is 0 Å². The number of hydrogen-bond acceptors (Lipinski definition) is 3. The van der Waals surface area contributed by atoms with Crippen LogP contribution in [0.25, 0.3) is 0 Å². The van der Waals surface area contributed by atoms with Crippen molar-refractivity contribution in [2.45, 2.75) is 24.9 Å². The summed E-state index contributed by atoms with van der Waals surface area (Å²) in [7, 11) is 1.39. The van der Waals surface area contributed by atoms with Crippen LogP contribution in [0.15, 0.2) is 29.2 Å². The van der Waals surface area contributed by atoms with Gasteiger partial charge in [0.15, 0.2) is 5.69 Å². The summed E-state index contributed by atoms with van der Waals surface area (Å²) < 4.78 is 40.3. The molecule has 2 rings (SSSR count). The van der Waals surface area contributed by atoms with Gasteiger partial charge in [-0.3, -0.25) is 9.48 Å². The molecular formula is C14H13F3N2OS. The molecule has 2 aromatic rings. The largest absolute Gasteiger partial charge is 0.420 e. The molecule has 7 heteroatoms. The summed E-state index contributed by atoms with van der Waals surface area (Å²) in [5.41, 5.74) is -0.575. The van der Waals surface area contributed by atoms with E-state index in [1.54, 1.807) is 24.3 Å². The third kappa shape index (κ3) is 3.29. The van der Waals surface area contributed by atoms with Crippen molar-refractivity contribution >= 4 is 16.9 Å². The maximum Gasteiger partial charge on any atom is 0.420 e. The van der Waals surface area contributed by atoms with Gasteiger partial charge >= 0.3 is 6.18 Å². The number of thioether (sulfide) groups is 1. The maximum absolute atomic E-state index is 13.1. The van der Waals surface area contributed by atoms with Gasteiger partial charge in [-0.1, -0.05) is 17.7 Å². The van der Waals surface area contributed by atoms with Crippen molar-refractivity contribution in [3.05, 3.63) is 46.8 Å². The van der Waals surface area contributed by atoms with Gasteiger partial charge < -0.3 is 0 Å². The minimum Gasteiger partial charge on any atom is -0.279 e. The van der Waals surface area contributed by atoms with Gasteiger partial charge in [-0.2, -0.15) is 18.3 Å². The summed E-state index contributed by atoms with van der Waals surface area (Å²) in [4.78, 5) is 12.7. The van der Waals surface area contributed by atoms with E-state index in [0.29, 0.717) is 4.90 Å². The fourth-order valence-corrected chi connectivity index (χ4v) is 2.58. The molecule has 0 aliphatic carbocycles. The van der Waals surface area contributed by atoms with E-state index >= 15 is 0 Å². The van der Waals surface area contributed by atoms with Crippen LogP contribution in [0.4, 0.5) is 13.2 Å². The summed E-state index contributed by atoms with van der Waals surface area (Å²) in [5, 5.41) is 3.00. The number of benzene rings is 1. The number of aromatic nitrogens is 2. The minimum absolute atomic E-state index is 0.0737. The molecule has 1 aromatic carbocycles. The van der Waals surface area contributed by atoms with Crippen LogP contribution in [0.3, 0.4) is 0 Å². The van der Waals surface area contributed by atoms with E-state index in [0.717, 1.165) is 22.0 Å². The first-order valence-corrected chi connectivity index (χ1v) is 6.91. The Kier molecular flexibility index (Phi) is 4.13. The number of carbonyl (C=O) groups is 1. The highest BCUT2D eigenvalue weighted by atomic mass is 32.2. The fourth-order valence-electron chi connectivity index (χ4n) is 1.85. The highest BCUT2D eigenvalue weighted by Gasteiger charge is 2.40. The van der Waals surface area contributed by atoms with Crippen LogP contribution in [-0.2, 0) is 13.2 Å². The second-order valence-corrected chi connectivity index (χ2v) is 5.68. The van der Waals surface area contributed by atoms with Crippen LogP contribution in [0.2, 0.25) is 0 Å². The molecule has 0 saturated heterocycles. The molecule has 0 saturated carbocycles. The van der Waals surface area contributed by atoms with Gasteiger partial charge in [0.05, 0.1) is 0 Å². The average molecular weight is 314 g/mol. The zero-order chi connectivity index (χ0) is 15.8. The van der Waals surface area contributed by atoms with Crippen LogP contribution >= 0.6 is 11.8 Å². The SMILES string of the molecule is Cc1ccc(SC(=O)c2nn(C)c(C)c2C(F)(F)F)cc1. The quantitative estimate of drug-likeness (QED) is 0.786. The number of rotatable bonds is 2. The topological polar surface area (TPSA) is 34.9 Å². The molecule has 0 atom stereocenters. The highest BCUT2D eigenvalue weighted by molar-refractivity contribution is 8.14. The Hall–Kier alpha value is -1.76. The third-order valence-electron chi connectivity index (χ3n) is 3.04. The monoisotopic (exact) mass is 314 g/mol. The van der Waals surface area contributed by atoms with Crippen molar-refractivity contribution in [1.29, 1.82) is 0 Å². The zero-order valence-corrected chi connectivity index (χ0v) is 12.5. The molecule has 0 radical (unpaired) electrons. The summed E-state index contributed by atoms with van der Waals surface area (Å²) >= 11 is 0.743. The molecule has 0 aliphatic heterocycles. The van der Waals surface area contributed by atoms with Gasteiger partial charge in [-0.05, 0) is 37.7 Å². The van der Waals surface area contributed by atoms with E-state index in [9.17, 15) is 18.0 Å². The predicted octanol–water partition coefficient (Wildman–Crippen LogP) is 3.99.